The fraction of sp³-hybridized carbons (Fsp3) is 0.938. The van der Waals surface area contributed by atoms with Crippen molar-refractivity contribution in [2.45, 2.75) is 44.8 Å². The molecular weight excluding hydrogens is 296 g/mol. The highest BCUT2D eigenvalue weighted by atomic mass is 32.2. The highest BCUT2D eigenvalue weighted by Crippen LogP contribution is 2.23. The quantitative estimate of drug-likeness (QED) is 0.822. The van der Waals surface area contributed by atoms with Gasteiger partial charge >= 0.3 is 0 Å². The molecule has 0 radical (unpaired) electrons. The van der Waals surface area contributed by atoms with Crippen molar-refractivity contribution < 1.29 is 4.79 Å². The number of nitrogens with zero attached hydrogens (tertiary/aromatic N) is 3. The molecule has 0 saturated carbocycles. The molecule has 126 valence electrons. The first kappa shape index (κ1) is 16.6. The van der Waals surface area contributed by atoms with E-state index in [-0.39, 0.29) is 6.04 Å². The molecule has 0 aromatic heterocycles. The smallest absolute Gasteiger partial charge is 0.240 e. The molecule has 1 amide bonds. The van der Waals surface area contributed by atoms with Crippen molar-refractivity contribution in [1.29, 1.82) is 0 Å². The first-order chi connectivity index (χ1) is 10.6. The maximum Gasteiger partial charge on any atom is 0.240 e. The number of piperazine rings is 1. The summed E-state index contributed by atoms with van der Waals surface area (Å²) >= 11 is 1.82. The molecular formula is C16H30N4OS. The van der Waals surface area contributed by atoms with Crippen LogP contribution in [0.15, 0.2) is 0 Å². The maximum absolute atomic E-state index is 12.4. The molecule has 0 aliphatic carbocycles. The van der Waals surface area contributed by atoms with Crippen LogP contribution in [0.3, 0.4) is 0 Å². The lowest BCUT2D eigenvalue weighted by Crippen LogP contribution is -2.54. The van der Waals surface area contributed by atoms with Gasteiger partial charge in [0.1, 0.15) is 0 Å². The number of likely N-dealkylation sites (tertiary alicyclic amines) is 1. The normalized spacial score (nSPS) is 34.5. The average Bonchev–Trinajstić information content (AvgIpc) is 3.17. The Morgan fingerprint density at radius 2 is 1.77 bits per heavy atom. The predicted octanol–water partition coefficient (Wildman–Crippen LogP) is 0.666. The van der Waals surface area contributed by atoms with Gasteiger partial charge in [-0.3, -0.25) is 19.9 Å². The predicted molar refractivity (Wildman–Crippen MR) is 92.1 cm³/mol. The second-order valence-corrected chi connectivity index (χ2v) is 7.98. The minimum Gasteiger partial charge on any atom is -0.339 e. The molecule has 1 N–H and O–H groups in total. The minimum absolute atomic E-state index is 0.0582. The molecule has 6 heteroatoms. The summed E-state index contributed by atoms with van der Waals surface area (Å²) in [5.41, 5.74) is 0. The SMILES string of the molecule is CC1CCC(C)N1CCN1CCN(C(=O)[C@H]2CSCN2)CC1. The van der Waals surface area contributed by atoms with Crippen LogP contribution >= 0.6 is 11.8 Å². The van der Waals surface area contributed by atoms with Crippen LogP contribution in [0.25, 0.3) is 0 Å². The first-order valence-electron chi connectivity index (χ1n) is 8.73. The zero-order chi connectivity index (χ0) is 15.5. The monoisotopic (exact) mass is 326 g/mol. The van der Waals surface area contributed by atoms with Gasteiger partial charge in [0.05, 0.1) is 6.04 Å². The lowest BCUT2D eigenvalue weighted by molar-refractivity contribution is -0.134. The zero-order valence-corrected chi connectivity index (χ0v) is 14.8. The molecule has 0 aromatic carbocycles. The van der Waals surface area contributed by atoms with Crippen molar-refractivity contribution in [3.05, 3.63) is 0 Å². The Kier molecular flexibility index (Phi) is 5.65. The zero-order valence-electron chi connectivity index (χ0n) is 14.0. The van der Waals surface area contributed by atoms with Crippen LogP contribution < -0.4 is 5.32 Å². The Morgan fingerprint density at radius 3 is 2.36 bits per heavy atom. The summed E-state index contributed by atoms with van der Waals surface area (Å²) in [6.07, 6.45) is 2.69. The molecule has 3 aliphatic rings. The third-order valence-corrected chi connectivity index (χ3v) is 6.45. The standard InChI is InChI=1S/C16H30N4OS/c1-13-3-4-14(2)20(13)10-7-18-5-8-19(9-6-18)16(21)15-11-22-12-17-15/h13-15,17H,3-12H2,1-2H3/t13?,14?,15-/m1/s1. The summed E-state index contributed by atoms with van der Waals surface area (Å²) in [7, 11) is 0. The summed E-state index contributed by atoms with van der Waals surface area (Å²) in [6.45, 7) is 10.9. The van der Waals surface area contributed by atoms with E-state index in [4.69, 9.17) is 0 Å². The first-order valence-corrected chi connectivity index (χ1v) is 9.88. The molecule has 5 nitrogen and oxygen atoms in total. The van der Waals surface area contributed by atoms with Gasteiger partial charge in [0, 0.05) is 63.0 Å². The van der Waals surface area contributed by atoms with Crippen LogP contribution in [0.1, 0.15) is 26.7 Å². The van der Waals surface area contributed by atoms with E-state index >= 15 is 0 Å². The lowest BCUT2D eigenvalue weighted by atomic mass is 10.2. The van der Waals surface area contributed by atoms with Crippen molar-refractivity contribution in [3.63, 3.8) is 0 Å². The third kappa shape index (κ3) is 3.78. The number of carbonyl (C=O) groups excluding carboxylic acids is 1. The molecule has 2 unspecified atom stereocenters. The molecule has 0 spiro atoms. The van der Waals surface area contributed by atoms with Gasteiger partial charge in [-0.1, -0.05) is 0 Å². The highest BCUT2D eigenvalue weighted by Gasteiger charge is 2.30. The van der Waals surface area contributed by atoms with Crippen LogP contribution in [0.5, 0.6) is 0 Å². The fourth-order valence-electron chi connectivity index (χ4n) is 3.91. The van der Waals surface area contributed by atoms with Gasteiger partial charge in [-0.05, 0) is 26.7 Å². The van der Waals surface area contributed by atoms with Crippen LogP contribution in [0.4, 0.5) is 0 Å². The van der Waals surface area contributed by atoms with Gasteiger partial charge in [-0.25, -0.2) is 0 Å². The molecule has 3 rings (SSSR count). The summed E-state index contributed by atoms with van der Waals surface area (Å²) in [5, 5.41) is 3.29. The molecule has 0 bridgehead atoms. The van der Waals surface area contributed by atoms with Crippen molar-refractivity contribution in [3.8, 4) is 0 Å². The summed E-state index contributed by atoms with van der Waals surface area (Å²) in [4.78, 5) is 19.6. The van der Waals surface area contributed by atoms with Crippen molar-refractivity contribution in [2.24, 2.45) is 0 Å². The van der Waals surface area contributed by atoms with Gasteiger partial charge in [0.15, 0.2) is 0 Å². The van der Waals surface area contributed by atoms with E-state index in [0.29, 0.717) is 5.91 Å². The van der Waals surface area contributed by atoms with Gasteiger partial charge < -0.3 is 4.90 Å². The summed E-state index contributed by atoms with van der Waals surface area (Å²) in [5.74, 6) is 2.17. The van der Waals surface area contributed by atoms with Crippen LogP contribution in [-0.4, -0.2) is 89.6 Å². The molecule has 3 fully saturated rings. The largest absolute Gasteiger partial charge is 0.339 e. The van der Waals surface area contributed by atoms with Crippen molar-refractivity contribution in [1.82, 2.24) is 20.0 Å². The Morgan fingerprint density at radius 1 is 1.09 bits per heavy atom. The van der Waals surface area contributed by atoms with Gasteiger partial charge in [0.2, 0.25) is 5.91 Å². The van der Waals surface area contributed by atoms with E-state index in [0.717, 1.165) is 56.4 Å². The molecule has 3 saturated heterocycles. The van der Waals surface area contributed by atoms with E-state index in [2.05, 4.69) is 33.9 Å². The molecule has 3 heterocycles. The number of thioether (sulfide) groups is 1. The van der Waals surface area contributed by atoms with Crippen LogP contribution in [-0.2, 0) is 4.79 Å². The molecule has 3 atom stereocenters. The van der Waals surface area contributed by atoms with E-state index in [1.54, 1.807) is 0 Å². The summed E-state index contributed by atoms with van der Waals surface area (Å²) < 4.78 is 0. The molecule has 22 heavy (non-hydrogen) atoms. The van der Waals surface area contributed by atoms with E-state index in [9.17, 15) is 4.79 Å². The number of rotatable bonds is 4. The van der Waals surface area contributed by atoms with E-state index in [1.807, 2.05) is 11.8 Å². The third-order valence-electron chi connectivity index (χ3n) is 5.51. The maximum atomic E-state index is 12.4. The number of nitrogens with one attached hydrogen (secondary N) is 1. The number of hydrogen-bond acceptors (Lipinski definition) is 5. The fourth-order valence-corrected chi connectivity index (χ4v) is 4.85. The molecule has 3 aliphatic heterocycles. The van der Waals surface area contributed by atoms with E-state index in [1.165, 1.54) is 19.4 Å². The Bertz CT molecular complexity index is 370. The minimum atomic E-state index is 0.0582. The lowest BCUT2D eigenvalue weighted by Gasteiger charge is -2.37. The average molecular weight is 327 g/mol. The van der Waals surface area contributed by atoms with Gasteiger partial charge in [-0.15, -0.1) is 11.8 Å². The number of carbonyl (C=O) groups is 1. The van der Waals surface area contributed by atoms with Crippen molar-refractivity contribution >= 4 is 17.7 Å². The Labute approximate surface area is 138 Å². The Balaban J connectivity index is 1.39. The number of hydrogen-bond donors (Lipinski definition) is 1. The summed E-state index contributed by atoms with van der Waals surface area (Å²) in [6, 6.07) is 1.54. The van der Waals surface area contributed by atoms with Crippen LogP contribution in [0.2, 0.25) is 0 Å². The second-order valence-electron chi connectivity index (χ2n) is 6.95. The topological polar surface area (TPSA) is 38.8 Å². The highest BCUT2D eigenvalue weighted by molar-refractivity contribution is 7.99. The van der Waals surface area contributed by atoms with Crippen LogP contribution in [0, 0.1) is 0 Å². The molecule has 0 aromatic rings. The van der Waals surface area contributed by atoms with Gasteiger partial charge in [0.25, 0.3) is 0 Å². The van der Waals surface area contributed by atoms with Gasteiger partial charge in [-0.2, -0.15) is 0 Å². The van der Waals surface area contributed by atoms with E-state index < -0.39 is 0 Å². The Hall–Kier alpha value is -0.300. The number of amides is 1. The van der Waals surface area contributed by atoms with Crippen molar-refractivity contribution in [2.75, 3.05) is 50.9 Å². The second kappa shape index (κ2) is 7.51.